The Kier molecular flexibility index (Phi) is 3.77. The van der Waals surface area contributed by atoms with Gasteiger partial charge in [-0.05, 0) is 25.0 Å². The molecule has 2 rings (SSSR count). The molecule has 0 bridgehead atoms. The van der Waals surface area contributed by atoms with Crippen LogP contribution in [-0.2, 0) is 0 Å². The van der Waals surface area contributed by atoms with Gasteiger partial charge in [-0.25, -0.2) is 4.98 Å². The lowest BCUT2D eigenvalue weighted by Gasteiger charge is -2.31. The van der Waals surface area contributed by atoms with Gasteiger partial charge in [0.25, 0.3) is 0 Å². The third kappa shape index (κ3) is 2.43. The molecule has 0 unspecified atom stereocenters. The van der Waals surface area contributed by atoms with Gasteiger partial charge in [-0.15, -0.1) is 0 Å². The Morgan fingerprint density at radius 3 is 2.44 bits per heavy atom. The van der Waals surface area contributed by atoms with Crippen LogP contribution in [0.3, 0.4) is 0 Å². The zero-order valence-electron chi connectivity index (χ0n) is 10.8. The number of anilines is 1. The second kappa shape index (κ2) is 5.31. The highest BCUT2D eigenvalue weighted by Crippen LogP contribution is 2.21. The van der Waals surface area contributed by atoms with Crippen molar-refractivity contribution in [3.05, 3.63) is 30.5 Å². The van der Waals surface area contributed by atoms with Gasteiger partial charge in [0.05, 0.1) is 29.4 Å². The van der Waals surface area contributed by atoms with Crippen LogP contribution in [0.15, 0.2) is 30.5 Å². The van der Waals surface area contributed by atoms with Crippen LogP contribution in [0.1, 0.15) is 26.7 Å². The van der Waals surface area contributed by atoms with E-state index < -0.39 is 0 Å². The molecule has 0 aliphatic rings. The lowest BCUT2D eigenvalue weighted by molar-refractivity contribution is 0.202. The summed E-state index contributed by atoms with van der Waals surface area (Å²) in [6.45, 7) is 4.21. The number of nitrogens with zero attached hydrogens (tertiary/aromatic N) is 2. The highest BCUT2D eigenvalue weighted by molar-refractivity contribution is 5.75. The van der Waals surface area contributed by atoms with E-state index in [1.807, 2.05) is 24.3 Å². The maximum atomic E-state index is 9.54. The van der Waals surface area contributed by atoms with Crippen molar-refractivity contribution in [3.8, 4) is 0 Å². The van der Waals surface area contributed by atoms with Crippen molar-refractivity contribution in [1.29, 1.82) is 0 Å². The van der Waals surface area contributed by atoms with Crippen molar-refractivity contribution in [2.75, 3.05) is 11.9 Å². The van der Waals surface area contributed by atoms with E-state index in [0.717, 1.165) is 23.9 Å². The summed E-state index contributed by atoms with van der Waals surface area (Å²) in [5.41, 5.74) is 1.43. The Morgan fingerprint density at radius 2 is 1.83 bits per heavy atom. The number of benzene rings is 1. The van der Waals surface area contributed by atoms with Gasteiger partial charge in [0.15, 0.2) is 0 Å². The molecule has 4 heteroatoms. The van der Waals surface area contributed by atoms with Crippen molar-refractivity contribution in [1.82, 2.24) is 9.97 Å². The number of aromatic nitrogens is 2. The predicted molar refractivity (Wildman–Crippen MR) is 73.6 cm³/mol. The van der Waals surface area contributed by atoms with Gasteiger partial charge >= 0.3 is 0 Å². The van der Waals surface area contributed by atoms with Crippen LogP contribution in [-0.4, -0.2) is 27.2 Å². The third-order valence-corrected chi connectivity index (χ3v) is 3.50. The summed E-state index contributed by atoms with van der Waals surface area (Å²) in [5, 5.41) is 12.9. The van der Waals surface area contributed by atoms with Crippen LogP contribution < -0.4 is 5.32 Å². The number of rotatable bonds is 5. The molecule has 0 spiro atoms. The second-order valence-electron chi connectivity index (χ2n) is 4.51. The molecule has 0 saturated carbocycles. The van der Waals surface area contributed by atoms with Crippen LogP contribution in [0.25, 0.3) is 11.0 Å². The quantitative estimate of drug-likeness (QED) is 0.850. The Labute approximate surface area is 107 Å². The van der Waals surface area contributed by atoms with Gasteiger partial charge in [0.1, 0.15) is 5.82 Å². The zero-order chi connectivity index (χ0) is 13.0. The Bertz CT molecular complexity index is 515. The summed E-state index contributed by atoms with van der Waals surface area (Å²) >= 11 is 0. The molecule has 0 atom stereocenters. The van der Waals surface area contributed by atoms with Crippen molar-refractivity contribution in [2.45, 2.75) is 32.2 Å². The maximum absolute atomic E-state index is 9.54. The molecule has 96 valence electrons. The molecule has 1 aromatic heterocycles. The van der Waals surface area contributed by atoms with Crippen LogP contribution >= 0.6 is 0 Å². The van der Waals surface area contributed by atoms with Gasteiger partial charge < -0.3 is 10.4 Å². The standard InChI is InChI=1S/C14H19N3O/c1-3-14(4-2,10-18)17-13-9-15-11-7-5-6-8-12(11)16-13/h5-9,18H,3-4,10H2,1-2H3,(H,16,17). The van der Waals surface area contributed by atoms with Gasteiger partial charge in [-0.1, -0.05) is 26.0 Å². The number of para-hydroxylation sites is 2. The highest BCUT2D eigenvalue weighted by atomic mass is 16.3. The molecule has 18 heavy (non-hydrogen) atoms. The Hall–Kier alpha value is -1.68. The average Bonchev–Trinajstić information content (AvgIpc) is 2.45. The molecule has 0 amide bonds. The topological polar surface area (TPSA) is 58.0 Å². The lowest BCUT2D eigenvalue weighted by Crippen LogP contribution is -2.41. The van der Waals surface area contributed by atoms with Crippen LogP contribution in [0, 0.1) is 0 Å². The number of fused-ring (bicyclic) bond motifs is 1. The summed E-state index contributed by atoms with van der Waals surface area (Å²) < 4.78 is 0. The molecule has 4 nitrogen and oxygen atoms in total. The van der Waals surface area contributed by atoms with Crippen LogP contribution in [0.4, 0.5) is 5.82 Å². The maximum Gasteiger partial charge on any atom is 0.145 e. The summed E-state index contributed by atoms with van der Waals surface area (Å²) in [6, 6.07) is 7.76. The molecule has 0 fully saturated rings. The predicted octanol–water partition coefficient (Wildman–Crippen LogP) is 2.59. The molecule has 0 saturated heterocycles. The van der Waals surface area contributed by atoms with Crippen molar-refractivity contribution in [2.24, 2.45) is 0 Å². The first-order chi connectivity index (χ1) is 8.73. The van der Waals surface area contributed by atoms with Gasteiger partial charge in [0.2, 0.25) is 0 Å². The molecular formula is C14H19N3O. The Morgan fingerprint density at radius 1 is 1.17 bits per heavy atom. The minimum Gasteiger partial charge on any atom is -0.394 e. The van der Waals surface area contributed by atoms with Gasteiger partial charge in [0, 0.05) is 0 Å². The van der Waals surface area contributed by atoms with Crippen molar-refractivity contribution < 1.29 is 5.11 Å². The first-order valence-electron chi connectivity index (χ1n) is 6.34. The smallest absolute Gasteiger partial charge is 0.145 e. The molecule has 0 aliphatic heterocycles. The third-order valence-electron chi connectivity index (χ3n) is 3.50. The summed E-state index contributed by atoms with van der Waals surface area (Å²) in [7, 11) is 0. The van der Waals surface area contributed by atoms with E-state index in [2.05, 4.69) is 29.1 Å². The van der Waals surface area contributed by atoms with E-state index in [0.29, 0.717) is 5.82 Å². The largest absolute Gasteiger partial charge is 0.394 e. The minimum atomic E-state index is -0.308. The highest BCUT2D eigenvalue weighted by Gasteiger charge is 2.25. The minimum absolute atomic E-state index is 0.0918. The normalized spacial score (nSPS) is 11.7. The van der Waals surface area contributed by atoms with Gasteiger partial charge in [-0.2, -0.15) is 0 Å². The SMILES string of the molecule is CCC(CC)(CO)Nc1cnc2ccccc2n1. The fraction of sp³-hybridized carbons (Fsp3) is 0.429. The zero-order valence-corrected chi connectivity index (χ0v) is 10.8. The number of aliphatic hydroxyl groups excluding tert-OH is 1. The number of hydrogen-bond acceptors (Lipinski definition) is 4. The number of nitrogens with one attached hydrogen (secondary N) is 1. The molecule has 1 aromatic carbocycles. The average molecular weight is 245 g/mol. The lowest BCUT2D eigenvalue weighted by atomic mass is 9.94. The molecular weight excluding hydrogens is 226 g/mol. The summed E-state index contributed by atoms with van der Waals surface area (Å²) in [4.78, 5) is 8.88. The van der Waals surface area contributed by atoms with E-state index >= 15 is 0 Å². The number of aliphatic hydroxyl groups is 1. The molecule has 2 N–H and O–H groups in total. The summed E-state index contributed by atoms with van der Waals surface area (Å²) in [6.07, 6.45) is 3.40. The van der Waals surface area contributed by atoms with E-state index in [9.17, 15) is 5.11 Å². The molecule has 2 aromatic rings. The van der Waals surface area contributed by atoms with Crippen molar-refractivity contribution in [3.63, 3.8) is 0 Å². The molecule has 1 heterocycles. The van der Waals surface area contributed by atoms with E-state index in [1.165, 1.54) is 0 Å². The first-order valence-corrected chi connectivity index (χ1v) is 6.34. The van der Waals surface area contributed by atoms with E-state index in [4.69, 9.17) is 0 Å². The first kappa shape index (κ1) is 12.8. The van der Waals surface area contributed by atoms with Crippen molar-refractivity contribution >= 4 is 16.9 Å². The van der Waals surface area contributed by atoms with E-state index in [1.54, 1.807) is 6.20 Å². The Balaban J connectivity index is 2.31. The van der Waals surface area contributed by atoms with Gasteiger partial charge in [-0.3, -0.25) is 4.98 Å². The molecule has 0 aliphatic carbocycles. The van der Waals surface area contributed by atoms with Crippen LogP contribution in [0.5, 0.6) is 0 Å². The van der Waals surface area contributed by atoms with E-state index in [-0.39, 0.29) is 12.1 Å². The monoisotopic (exact) mass is 245 g/mol. The second-order valence-corrected chi connectivity index (χ2v) is 4.51. The summed E-state index contributed by atoms with van der Waals surface area (Å²) in [5.74, 6) is 0.714. The number of hydrogen-bond donors (Lipinski definition) is 2. The fourth-order valence-electron chi connectivity index (χ4n) is 1.98. The van der Waals surface area contributed by atoms with Crippen LogP contribution in [0.2, 0.25) is 0 Å². The fourth-order valence-corrected chi connectivity index (χ4v) is 1.98. The molecule has 0 radical (unpaired) electrons.